The van der Waals surface area contributed by atoms with Gasteiger partial charge >= 0.3 is 6.18 Å². The molecule has 0 spiro atoms. The average molecular weight is 569 g/mol. The summed E-state index contributed by atoms with van der Waals surface area (Å²) in [5.74, 6) is 0.659. The molecule has 0 radical (unpaired) electrons. The van der Waals surface area contributed by atoms with Gasteiger partial charge in [0.05, 0.1) is 17.1 Å². The van der Waals surface area contributed by atoms with Gasteiger partial charge in [0.25, 0.3) is 5.91 Å². The lowest BCUT2D eigenvalue weighted by atomic mass is 10.1. The number of furan rings is 1. The van der Waals surface area contributed by atoms with Crippen LogP contribution in [0.1, 0.15) is 33.1 Å². The maximum absolute atomic E-state index is 13.0. The van der Waals surface area contributed by atoms with Crippen LogP contribution in [0, 0.1) is 6.92 Å². The second-order valence-corrected chi connectivity index (χ2v) is 8.93. The normalized spacial score (nSPS) is 11.5. The molecule has 0 saturated heterocycles. The number of benzene rings is 2. The van der Waals surface area contributed by atoms with Crippen molar-refractivity contribution in [2.24, 2.45) is 0 Å². The van der Waals surface area contributed by atoms with Gasteiger partial charge in [0.2, 0.25) is 0 Å². The molecule has 2 heterocycles. The summed E-state index contributed by atoms with van der Waals surface area (Å²) in [5, 5.41) is 7.34. The summed E-state index contributed by atoms with van der Waals surface area (Å²) in [4.78, 5) is 12.6. The molecule has 0 unspecified atom stereocenters. The Morgan fingerprint density at radius 3 is 2.71 bits per heavy atom. The molecular weight excluding hydrogens is 551 g/mol. The van der Waals surface area contributed by atoms with Crippen LogP contribution in [0.15, 0.2) is 69.6 Å². The third kappa shape index (κ3) is 6.26. The van der Waals surface area contributed by atoms with Crippen molar-refractivity contribution < 1.29 is 27.1 Å². The van der Waals surface area contributed by atoms with E-state index in [1.54, 1.807) is 43.3 Å². The monoisotopic (exact) mass is 567 g/mol. The highest BCUT2D eigenvalue weighted by Crippen LogP contribution is 2.30. The maximum Gasteiger partial charge on any atom is 0.416 e. The number of hydrogen-bond donors (Lipinski definition) is 1. The van der Waals surface area contributed by atoms with Gasteiger partial charge in [-0.15, -0.1) is 0 Å². The van der Waals surface area contributed by atoms with E-state index in [4.69, 9.17) is 20.8 Å². The van der Waals surface area contributed by atoms with E-state index >= 15 is 0 Å². The van der Waals surface area contributed by atoms with Gasteiger partial charge in [-0.05, 0) is 55.0 Å². The zero-order valence-corrected chi connectivity index (χ0v) is 20.5. The number of carbonyl (C=O) groups is 1. The number of hydrogen-bond acceptors (Lipinski definition) is 4. The van der Waals surface area contributed by atoms with Crippen molar-refractivity contribution in [2.45, 2.75) is 26.3 Å². The fourth-order valence-electron chi connectivity index (χ4n) is 3.25. The predicted molar refractivity (Wildman–Crippen MR) is 128 cm³/mol. The summed E-state index contributed by atoms with van der Waals surface area (Å²) in [6, 6.07) is 15.0. The fourth-order valence-corrected chi connectivity index (χ4v) is 3.97. The van der Waals surface area contributed by atoms with E-state index < -0.39 is 17.6 Å². The third-order valence-corrected chi connectivity index (χ3v) is 5.75. The van der Waals surface area contributed by atoms with E-state index in [0.29, 0.717) is 27.8 Å². The van der Waals surface area contributed by atoms with Crippen molar-refractivity contribution in [2.75, 3.05) is 5.32 Å². The molecule has 4 aromatic rings. The molecule has 0 bridgehead atoms. The van der Waals surface area contributed by atoms with Crippen molar-refractivity contribution in [3.63, 3.8) is 0 Å². The van der Waals surface area contributed by atoms with Gasteiger partial charge in [0.15, 0.2) is 11.6 Å². The van der Waals surface area contributed by atoms with Crippen molar-refractivity contribution >= 4 is 39.3 Å². The van der Waals surface area contributed by atoms with Gasteiger partial charge in [-0.25, -0.2) is 0 Å². The predicted octanol–water partition coefficient (Wildman–Crippen LogP) is 7.10. The molecule has 0 atom stereocenters. The first-order chi connectivity index (χ1) is 16.6. The molecule has 1 N–H and O–H groups in total. The summed E-state index contributed by atoms with van der Waals surface area (Å²) in [6.07, 6.45) is -4.42. The second-order valence-electron chi connectivity index (χ2n) is 7.61. The number of rotatable bonds is 7. The number of ether oxygens (including phenoxy) is 1. The summed E-state index contributed by atoms with van der Waals surface area (Å²) >= 11 is 9.45. The Labute approximate surface area is 211 Å². The van der Waals surface area contributed by atoms with Crippen LogP contribution in [0.2, 0.25) is 5.02 Å². The van der Waals surface area contributed by atoms with Crippen LogP contribution in [-0.4, -0.2) is 15.7 Å². The molecule has 4 rings (SSSR count). The van der Waals surface area contributed by atoms with Crippen LogP contribution in [0.5, 0.6) is 5.75 Å². The van der Waals surface area contributed by atoms with Crippen LogP contribution >= 0.6 is 27.5 Å². The number of nitrogens with one attached hydrogen (secondary N) is 1. The highest BCUT2D eigenvalue weighted by molar-refractivity contribution is 9.10. The third-order valence-electron chi connectivity index (χ3n) is 4.96. The number of halogens is 5. The number of aromatic nitrogens is 2. The molecule has 1 amide bonds. The first kappa shape index (κ1) is 24.9. The van der Waals surface area contributed by atoms with E-state index in [2.05, 4.69) is 26.3 Å². The van der Waals surface area contributed by atoms with Crippen LogP contribution in [0.25, 0.3) is 0 Å². The first-order valence-corrected chi connectivity index (χ1v) is 11.4. The van der Waals surface area contributed by atoms with Crippen molar-refractivity contribution in [1.82, 2.24) is 9.78 Å². The number of nitrogens with zero attached hydrogens (tertiary/aromatic N) is 2. The van der Waals surface area contributed by atoms with Gasteiger partial charge in [0, 0.05) is 16.2 Å². The zero-order chi connectivity index (χ0) is 25.2. The fraction of sp³-hybridized carbons (Fsp3) is 0.167. The molecule has 182 valence electrons. The second kappa shape index (κ2) is 10.2. The number of aryl methyl sites for hydroxylation is 1. The number of carbonyl (C=O) groups excluding carboxylic acids is 1. The maximum atomic E-state index is 13.0. The quantitative estimate of drug-likeness (QED) is 0.258. The number of anilines is 1. The smallest absolute Gasteiger partial charge is 0.416 e. The molecule has 11 heteroatoms. The summed E-state index contributed by atoms with van der Waals surface area (Å²) in [6.45, 7) is 1.93. The minimum Gasteiger partial charge on any atom is -0.484 e. The van der Waals surface area contributed by atoms with Crippen molar-refractivity contribution in [1.29, 1.82) is 0 Å². The van der Waals surface area contributed by atoms with Gasteiger partial charge < -0.3 is 14.5 Å². The van der Waals surface area contributed by atoms with E-state index in [1.807, 2.05) is 0 Å². The molecule has 0 aliphatic heterocycles. The van der Waals surface area contributed by atoms with Crippen LogP contribution in [-0.2, 0) is 19.3 Å². The Morgan fingerprint density at radius 2 is 1.97 bits per heavy atom. The topological polar surface area (TPSA) is 69.3 Å². The Kier molecular flexibility index (Phi) is 7.23. The number of alkyl halides is 3. The minimum atomic E-state index is -4.42. The molecule has 35 heavy (non-hydrogen) atoms. The zero-order valence-electron chi connectivity index (χ0n) is 18.2. The Morgan fingerprint density at radius 1 is 1.17 bits per heavy atom. The Hall–Kier alpha value is -3.24. The summed E-state index contributed by atoms with van der Waals surface area (Å²) < 4.78 is 52.4. The molecular formula is C24H18BrClF3N3O3. The molecule has 0 fully saturated rings. The van der Waals surface area contributed by atoms with Crippen LogP contribution in [0.4, 0.5) is 19.0 Å². The molecule has 0 aliphatic rings. The summed E-state index contributed by atoms with van der Waals surface area (Å²) in [5.41, 5.74) is 0.372. The summed E-state index contributed by atoms with van der Waals surface area (Å²) in [7, 11) is 0. The van der Waals surface area contributed by atoms with E-state index in [9.17, 15) is 18.0 Å². The minimum absolute atomic E-state index is 0.0515. The van der Waals surface area contributed by atoms with Gasteiger partial charge in [-0.3, -0.25) is 9.48 Å². The molecule has 0 saturated carbocycles. The van der Waals surface area contributed by atoms with Gasteiger partial charge in [0.1, 0.15) is 18.1 Å². The lowest BCUT2D eigenvalue weighted by Crippen LogP contribution is -2.12. The Bertz CT molecular complexity index is 1370. The van der Waals surface area contributed by atoms with Gasteiger partial charge in [-0.1, -0.05) is 39.7 Å². The highest BCUT2D eigenvalue weighted by Gasteiger charge is 2.30. The standard InChI is InChI=1S/C24H18BrClF3N3O3/c1-14-9-22(31-32(14)12-15-3-2-4-16(10-15)24(27,28)29)30-23(33)21-8-6-18(35-21)13-34-20-7-5-17(25)11-19(20)26/h2-11H,12-13H2,1H3,(H,30,31,33). The Balaban J connectivity index is 1.38. The molecule has 0 aliphatic carbocycles. The van der Waals surface area contributed by atoms with E-state index in [-0.39, 0.29) is 24.7 Å². The van der Waals surface area contributed by atoms with E-state index in [1.165, 1.54) is 16.8 Å². The largest absolute Gasteiger partial charge is 0.484 e. The molecule has 6 nitrogen and oxygen atoms in total. The molecule has 2 aromatic carbocycles. The van der Waals surface area contributed by atoms with Crippen LogP contribution < -0.4 is 10.1 Å². The van der Waals surface area contributed by atoms with Crippen molar-refractivity contribution in [3.8, 4) is 5.75 Å². The van der Waals surface area contributed by atoms with E-state index in [0.717, 1.165) is 16.6 Å². The van der Waals surface area contributed by atoms with Gasteiger partial charge in [-0.2, -0.15) is 18.3 Å². The lowest BCUT2D eigenvalue weighted by Gasteiger charge is -2.09. The SMILES string of the molecule is Cc1cc(NC(=O)c2ccc(COc3ccc(Br)cc3Cl)o2)nn1Cc1cccc(C(F)(F)F)c1. The number of amides is 1. The van der Waals surface area contributed by atoms with Crippen LogP contribution in [0.3, 0.4) is 0 Å². The highest BCUT2D eigenvalue weighted by atomic mass is 79.9. The average Bonchev–Trinajstić information content (AvgIpc) is 3.39. The first-order valence-electron chi connectivity index (χ1n) is 10.3. The molecule has 2 aromatic heterocycles. The lowest BCUT2D eigenvalue weighted by molar-refractivity contribution is -0.137. The van der Waals surface area contributed by atoms with Crippen molar-refractivity contribution in [3.05, 3.63) is 98.5 Å².